The number of benzene rings is 2. The molecule has 4 rings (SSSR count). The summed E-state index contributed by atoms with van der Waals surface area (Å²) in [5.41, 5.74) is 0.417. The number of alkyl halides is 3. The number of nitrogens with zero attached hydrogens (tertiary/aromatic N) is 2. The Balaban J connectivity index is 1.64. The molecule has 0 aromatic heterocycles. The van der Waals surface area contributed by atoms with Gasteiger partial charge in [-0.05, 0) is 54.8 Å². The number of rotatable bonds is 3. The number of hydrogen-bond donors (Lipinski definition) is 1. The maximum atomic E-state index is 13.7. The Morgan fingerprint density at radius 3 is 2.47 bits per heavy atom. The van der Waals surface area contributed by atoms with Gasteiger partial charge in [-0.3, -0.25) is 9.79 Å². The maximum Gasteiger partial charge on any atom is 0.418 e. The molecule has 0 saturated carbocycles. The number of anilines is 2. The second kappa shape index (κ2) is 8.08. The van der Waals surface area contributed by atoms with Crippen molar-refractivity contribution >= 4 is 29.2 Å². The number of amides is 1. The van der Waals surface area contributed by atoms with Crippen molar-refractivity contribution < 1.29 is 22.4 Å². The summed E-state index contributed by atoms with van der Waals surface area (Å²) >= 11 is 0. The van der Waals surface area contributed by atoms with Gasteiger partial charge >= 0.3 is 6.18 Å². The van der Waals surface area contributed by atoms with Crippen molar-refractivity contribution in [2.24, 2.45) is 4.99 Å². The highest BCUT2D eigenvalue weighted by Crippen LogP contribution is 2.40. The number of carbonyl (C=O) groups is 1. The zero-order valence-electron chi connectivity index (χ0n) is 16.2. The highest BCUT2D eigenvalue weighted by Gasteiger charge is 2.35. The second-order valence-corrected chi connectivity index (χ2v) is 7.58. The smallest absolute Gasteiger partial charge is 0.371 e. The minimum Gasteiger partial charge on any atom is -0.371 e. The number of carbonyl (C=O) groups excluding carboxylic acids is 1. The van der Waals surface area contributed by atoms with E-state index in [0.29, 0.717) is 24.3 Å². The van der Waals surface area contributed by atoms with Crippen LogP contribution in [0.15, 0.2) is 41.4 Å². The average molecular weight is 419 g/mol. The fourth-order valence-corrected chi connectivity index (χ4v) is 3.98. The van der Waals surface area contributed by atoms with Crippen LogP contribution in [0, 0.1) is 5.82 Å². The first-order valence-electron chi connectivity index (χ1n) is 9.93. The van der Waals surface area contributed by atoms with Gasteiger partial charge in [-0.1, -0.05) is 12.8 Å². The summed E-state index contributed by atoms with van der Waals surface area (Å²) in [6, 6.07) is 7.89. The fourth-order valence-electron chi connectivity index (χ4n) is 3.98. The van der Waals surface area contributed by atoms with Gasteiger partial charge in [-0.25, -0.2) is 4.39 Å². The third-order valence-corrected chi connectivity index (χ3v) is 5.49. The van der Waals surface area contributed by atoms with Gasteiger partial charge in [-0.2, -0.15) is 13.2 Å². The van der Waals surface area contributed by atoms with E-state index in [4.69, 9.17) is 0 Å². The molecule has 1 fully saturated rings. The van der Waals surface area contributed by atoms with Crippen LogP contribution in [0.5, 0.6) is 0 Å². The van der Waals surface area contributed by atoms with E-state index in [9.17, 15) is 22.4 Å². The fraction of sp³-hybridized carbons (Fsp3) is 0.364. The third-order valence-electron chi connectivity index (χ3n) is 5.49. The van der Waals surface area contributed by atoms with Crippen LogP contribution in [0.1, 0.15) is 42.7 Å². The predicted octanol–water partition coefficient (Wildman–Crippen LogP) is 5.66. The van der Waals surface area contributed by atoms with Gasteiger partial charge < -0.3 is 10.2 Å². The summed E-state index contributed by atoms with van der Waals surface area (Å²) in [6.45, 7) is 1.19. The summed E-state index contributed by atoms with van der Waals surface area (Å²) in [4.78, 5) is 18.1. The topological polar surface area (TPSA) is 44.7 Å². The molecule has 0 spiro atoms. The summed E-state index contributed by atoms with van der Waals surface area (Å²) in [7, 11) is 0. The van der Waals surface area contributed by atoms with E-state index < -0.39 is 29.4 Å². The van der Waals surface area contributed by atoms with Gasteiger partial charge in [0.05, 0.1) is 11.3 Å². The van der Waals surface area contributed by atoms with Crippen molar-refractivity contribution in [3.8, 4) is 0 Å². The monoisotopic (exact) mass is 419 g/mol. The first-order valence-corrected chi connectivity index (χ1v) is 9.93. The van der Waals surface area contributed by atoms with Gasteiger partial charge in [0.15, 0.2) is 0 Å². The first-order chi connectivity index (χ1) is 14.3. The Morgan fingerprint density at radius 2 is 1.77 bits per heavy atom. The van der Waals surface area contributed by atoms with E-state index in [0.717, 1.165) is 31.7 Å². The van der Waals surface area contributed by atoms with Crippen LogP contribution in [-0.2, 0) is 11.0 Å². The minimum atomic E-state index is -4.52. The van der Waals surface area contributed by atoms with Gasteiger partial charge in [0.25, 0.3) is 0 Å². The summed E-state index contributed by atoms with van der Waals surface area (Å²) in [5.74, 6) is -1.74. The van der Waals surface area contributed by atoms with Crippen LogP contribution in [0.3, 0.4) is 0 Å². The molecule has 2 aliphatic rings. The standard InChI is InChI=1S/C22H21F4N3O/c23-14-5-7-19-16(11-14)17(21(30)28-19)13-27-15-6-8-20(18(12-15)22(24,25)26)29-9-3-1-2-4-10-29/h5-8,11-13,17H,1-4,9-10H2,(H,28,30). The normalized spacial score (nSPS) is 19.7. The van der Waals surface area contributed by atoms with E-state index in [1.54, 1.807) is 4.90 Å². The molecule has 1 atom stereocenters. The number of hydrogen-bond acceptors (Lipinski definition) is 3. The van der Waals surface area contributed by atoms with Crippen molar-refractivity contribution in [1.82, 2.24) is 0 Å². The van der Waals surface area contributed by atoms with Crippen molar-refractivity contribution in [2.45, 2.75) is 37.8 Å². The molecule has 2 aliphatic heterocycles. The maximum absolute atomic E-state index is 13.7. The van der Waals surface area contributed by atoms with E-state index in [1.807, 2.05) is 0 Å². The molecule has 1 amide bonds. The van der Waals surface area contributed by atoms with Crippen LogP contribution in [0.2, 0.25) is 0 Å². The summed E-state index contributed by atoms with van der Waals surface area (Å²) in [6.07, 6.45) is 0.515. The highest BCUT2D eigenvalue weighted by atomic mass is 19.4. The molecule has 2 aromatic carbocycles. The van der Waals surface area contributed by atoms with Crippen molar-refractivity contribution in [2.75, 3.05) is 23.3 Å². The molecule has 0 aliphatic carbocycles. The van der Waals surface area contributed by atoms with E-state index >= 15 is 0 Å². The lowest BCUT2D eigenvalue weighted by molar-refractivity contribution is -0.137. The Kier molecular flexibility index (Phi) is 5.49. The number of fused-ring (bicyclic) bond motifs is 1. The molecular formula is C22H21F4N3O. The van der Waals surface area contributed by atoms with E-state index in [1.165, 1.54) is 36.5 Å². The first kappa shape index (κ1) is 20.4. The molecular weight excluding hydrogens is 398 g/mol. The number of aliphatic imine (C=N–C) groups is 1. The Morgan fingerprint density at radius 1 is 1.03 bits per heavy atom. The van der Waals surface area contributed by atoms with Crippen LogP contribution in [0.4, 0.5) is 34.6 Å². The largest absolute Gasteiger partial charge is 0.418 e. The highest BCUT2D eigenvalue weighted by molar-refractivity contribution is 6.12. The lowest BCUT2D eigenvalue weighted by Gasteiger charge is -2.26. The lowest BCUT2D eigenvalue weighted by Crippen LogP contribution is -2.26. The van der Waals surface area contributed by atoms with E-state index in [-0.39, 0.29) is 11.4 Å². The molecule has 4 nitrogen and oxygen atoms in total. The second-order valence-electron chi connectivity index (χ2n) is 7.58. The Labute approximate surface area is 171 Å². The number of halogens is 4. The molecule has 1 saturated heterocycles. The molecule has 1 N–H and O–H groups in total. The molecule has 1 unspecified atom stereocenters. The van der Waals surface area contributed by atoms with Crippen LogP contribution in [0.25, 0.3) is 0 Å². The van der Waals surface area contributed by atoms with Crippen molar-refractivity contribution in [3.63, 3.8) is 0 Å². The van der Waals surface area contributed by atoms with Gasteiger partial charge in [0.1, 0.15) is 11.7 Å². The molecule has 2 aromatic rings. The molecule has 158 valence electrons. The Bertz CT molecular complexity index is 979. The summed E-state index contributed by atoms with van der Waals surface area (Å²) < 4.78 is 54.8. The zero-order valence-corrected chi connectivity index (χ0v) is 16.2. The van der Waals surface area contributed by atoms with Crippen LogP contribution in [-0.4, -0.2) is 25.2 Å². The number of nitrogens with one attached hydrogen (secondary N) is 1. The van der Waals surface area contributed by atoms with Gasteiger partial charge in [-0.15, -0.1) is 0 Å². The van der Waals surface area contributed by atoms with Gasteiger partial charge in [0.2, 0.25) is 5.91 Å². The van der Waals surface area contributed by atoms with Crippen LogP contribution < -0.4 is 10.2 Å². The SMILES string of the molecule is O=C1Nc2ccc(F)cc2C1C=Nc1ccc(N2CCCCCC2)c(C(F)(F)F)c1. The van der Waals surface area contributed by atoms with Crippen molar-refractivity contribution in [1.29, 1.82) is 0 Å². The predicted molar refractivity (Wildman–Crippen MR) is 108 cm³/mol. The molecule has 30 heavy (non-hydrogen) atoms. The Hall–Kier alpha value is -2.90. The van der Waals surface area contributed by atoms with Crippen LogP contribution >= 0.6 is 0 Å². The lowest BCUT2D eigenvalue weighted by atomic mass is 10.0. The van der Waals surface area contributed by atoms with Gasteiger partial charge in [0, 0.05) is 30.7 Å². The molecule has 0 radical (unpaired) electrons. The zero-order chi connectivity index (χ0) is 21.3. The summed E-state index contributed by atoms with van der Waals surface area (Å²) in [5, 5.41) is 2.62. The molecule has 8 heteroatoms. The minimum absolute atomic E-state index is 0.0959. The van der Waals surface area contributed by atoms with Crippen molar-refractivity contribution in [3.05, 3.63) is 53.3 Å². The molecule has 2 heterocycles. The third kappa shape index (κ3) is 4.17. The average Bonchev–Trinajstić information content (AvgIpc) is 2.87. The molecule has 0 bridgehead atoms. The van der Waals surface area contributed by atoms with E-state index in [2.05, 4.69) is 10.3 Å². The quantitative estimate of drug-likeness (QED) is 0.515.